The minimum Gasteiger partial charge on any atom is -0.387 e. The van der Waals surface area contributed by atoms with Crippen LogP contribution in [0.1, 0.15) is 18.4 Å². The van der Waals surface area contributed by atoms with E-state index in [0.29, 0.717) is 5.92 Å². The summed E-state index contributed by atoms with van der Waals surface area (Å²) in [7, 11) is 0. The Balaban J connectivity index is 1.92. The van der Waals surface area contributed by atoms with Crippen molar-refractivity contribution in [2.75, 3.05) is 0 Å². The summed E-state index contributed by atoms with van der Waals surface area (Å²) < 4.78 is 0. The van der Waals surface area contributed by atoms with Crippen molar-refractivity contribution in [2.24, 2.45) is 11.1 Å². The fraction of sp³-hybridized carbons (Fsp3) is 0.308. The van der Waals surface area contributed by atoms with Crippen LogP contribution in [0.3, 0.4) is 0 Å². The lowest BCUT2D eigenvalue weighted by atomic mass is 9.85. The molecule has 1 aliphatic heterocycles. The molecule has 1 aliphatic carbocycles. The number of rotatable bonds is 1. The zero-order chi connectivity index (χ0) is 10.1. The Morgan fingerprint density at radius 1 is 1.20 bits per heavy atom. The molecule has 0 spiro atoms. The average molecular weight is 199 g/mol. The number of benzene rings is 1. The van der Waals surface area contributed by atoms with Crippen molar-refractivity contribution < 1.29 is 4.84 Å². The molecule has 2 heteroatoms. The van der Waals surface area contributed by atoms with Crippen LogP contribution in [0.2, 0.25) is 0 Å². The highest BCUT2D eigenvalue weighted by Crippen LogP contribution is 2.30. The highest BCUT2D eigenvalue weighted by molar-refractivity contribution is 6.03. The summed E-state index contributed by atoms with van der Waals surface area (Å²) in [6.45, 7) is 0. The Hall–Kier alpha value is -1.57. The largest absolute Gasteiger partial charge is 0.387 e. The first kappa shape index (κ1) is 8.72. The summed E-state index contributed by atoms with van der Waals surface area (Å²) in [6, 6.07) is 10.3. The summed E-state index contributed by atoms with van der Waals surface area (Å²) in [6.07, 6.45) is 6.78. The SMILES string of the molecule is C1=C[C@H]2ON=C(c3ccccc3)[C@H]2CC1. The maximum atomic E-state index is 5.43. The fourth-order valence-electron chi connectivity index (χ4n) is 2.27. The Morgan fingerprint density at radius 2 is 2.07 bits per heavy atom. The van der Waals surface area contributed by atoms with Gasteiger partial charge in [0.25, 0.3) is 0 Å². The predicted octanol–water partition coefficient (Wildman–Crippen LogP) is 2.76. The van der Waals surface area contributed by atoms with Crippen molar-refractivity contribution in [1.82, 2.24) is 0 Å². The average Bonchev–Trinajstić information content (AvgIpc) is 2.74. The highest BCUT2D eigenvalue weighted by atomic mass is 16.6. The second-order valence-corrected chi connectivity index (χ2v) is 4.02. The second-order valence-electron chi connectivity index (χ2n) is 4.02. The molecule has 1 heterocycles. The second kappa shape index (κ2) is 3.54. The van der Waals surface area contributed by atoms with Gasteiger partial charge < -0.3 is 4.84 Å². The Labute approximate surface area is 89.2 Å². The van der Waals surface area contributed by atoms with Crippen LogP contribution in [0.4, 0.5) is 0 Å². The van der Waals surface area contributed by atoms with Crippen molar-refractivity contribution in [2.45, 2.75) is 18.9 Å². The molecule has 0 unspecified atom stereocenters. The van der Waals surface area contributed by atoms with Gasteiger partial charge in [-0.1, -0.05) is 41.6 Å². The lowest BCUT2D eigenvalue weighted by molar-refractivity contribution is 0.0919. The molecule has 2 nitrogen and oxygen atoms in total. The molecule has 0 saturated carbocycles. The number of fused-ring (bicyclic) bond motifs is 1. The molecule has 0 radical (unpaired) electrons. The summed E-state index contributed by atoms with van der Waals surface area (Å²) in [4.78, 5) is 5.43. The van der Waals surface area contributed by atoms with Crippen LogP contribution >= 0.6 is 0 Å². The van der Waals surface area contributed by atoms with Crippen molar-refractivity contribution in [3.8, 4) is 0 Å². The number of hydrogen-bond acceptors (Lipinski definition) is 2. The molecule has 0 bridgehead atoms. The van der Waals surface area contributed by atoms with E-state index in [1.807, 2.05) is 18.2 Å². The minimum atomic E-state index is 0.175. The van der Waals surface area contributed by atoms with E-state index in [2.05, 4.69) is 29.4 Å². The molecule has 15 heavy (non-hydrogen) atoms. The van der Waals surface area contributed by atoms with Gasteiger partial charge in [0.1, 0.15) is 0 Å². The zero-order valence-corrected chi connectivity index (χ0v) is 8.47. The first-order valence-electron chi connectivity index (χ1n) is 5.41. The van der Waals surface area contributed by atoms with E-state index < -0.39 is 0 Å². The number of hydrogen-bond donors (Lipinski definition) is 0. The third-order valence-electron chi connectivity index (χ3n) is 3.06. The molecule has 0 saturated heterocycles. The molecule has 76 valence electrons. The summed E-state index contributed by atoms with van der Waals surface area (Å²) in [5.74, 6) is 0.456. The van der Waals surface area contributed by atoms with Crippen molar-refractivity contribution in [1.29, 1.82) is 0 Å². The van der Waals surface area contributed by atoms with Gasteiger partial charge >= 0.3 is 0 Å². The fourth-order valence-corrected chi connectivity index (χ4v) is 2.27. The standard InChI is InChI=1S/C13H13NO/c1-2-6-10(7-3-1)13-11-8-4-5-9-12(11)15-14-13/h1-3,5-7,9,11-12H,4,8H2/t11-,12+/m0/s1. The van der Waals surface area contributed by atoms with Crippen LogP contribution in [-0.2, 0) is 4.84 Å². The molecule has 3 rings (SSSR count). The monoisotopic (exact) mass is 199 g/mol. The predicted molar refractivity (Wildman–Crippen MR) is 59.7 cm³/mol. The summed E-state index contributed by atoms with van der Waals surface area (Å²) >= 11 is 0. The smallest absolute Gasteiger partial charge is 0.154 e. The molecule has 1 aromatic rings. The first-order chi connectivity index (χ1) is 7.45. The van der Waals surface area contributed by atoms with E-state index in [-0.39, 0.29) is 6.10 Å². The molecule has 0 aromatic heterocycles. The van der Waals surface area contributed by atoms with Crippen molar-refractivity contribution >= 4 is 5.71 Å². The van der Waals surface area contributed by atoms with Crippen LogP contribution in [0, 0.1) is 5.92 Å². The van der Waals surface area contributed by atoms with Gasteiger partial charge in [-0.25, -0.2) is 0 Å². The number of allylic oxidation sites excluding steroid dienone is 1. The lowest BCUT2D eigenvalue weighted by Gasteiger charge is -2.18. The van der Waals surface area contributed by atoms with E-state index in [4.69, 9.17) is 4.84 Å². The van der Waals surface area contributed by atoms with Crippen molar-refractivity contribution in [3.63, 3.8) is 0 Å². The Morgan fingerprint density at radius 3 is 2.93 bits per heavy atom. The molecule has 0 fully saturated rings. The topological polar surface area (TPSA) is 21.6 Å². The van der Waals surface area contributed by atoms with Gasteiger partial charge in [-0.3, -0.25) is 0 Å². The third-order valence-corrected chi connectivity index (χ3v) is 3.06. The van der Waals surface area contributed by atoms with E-state index >= 15 is 0 Å². The van der Waals surface area contributed by atoms with Crippen LogP contribution in [0.25, 0.3) is 0 Å². The lowest BCUT2D eigenvalue weighted by Crippen LogP contribution is -2.24. The normalized spacial score (nSPS) is 28.1. The molecule has 0 amide bonds. The van der Waals surface area contributed by atoms with Gasteiger partial charge in [-0.05, 0) is 24.5 Å². The van der Waals surface area contributed by atoms with E-state index in [1.54, 1.807) is 0 Å². The van der Waals surface area contributed by atoms with Gasteiger partial charge in [-0.2, -0.15) is 0 Å². The molecular weight excluding hydrogens is 186 g/mol. The molecule has 2 atom stereocenters. The zero-order valence-electron chi connectivity index (χ0n) is 8.47. The van der Waals surface area contributed by atoms with Crippen LogP contribution < -0.4 is 0 Å². The Bertz CT molecular complexity index is 408. The Kier molecular flexibility index (Phi) is 2.05. The maximum absolute atomic E-state index is 5.43. The van der Waals surface area contributed by atoms with Gasteiger partial charge in [-0.15, -0.1) is 0 Å². The van der Waals surface area contributed by atoms with Crippen LogP contribution in [0.15, 0.2) is 47.6 Å². The van der Waals surface area contributed by atoms with Crippen LogP contribution in [0.5, 0.6) is 0 Å². The van der Waals surface area contributed by atoms with Gasteiger partial charge in [0.05, 0.1) is 5.71 Å². The van der Waals surface area contributed by atoms with Gasteiger partial charge in [0.2, 0.25) is 0 Å². The molecule has 0 N–H and O–H groups in total. The summed E-state index contributed by atoms with van der Waals surface area (Å²) in [5.41, 5.74) is 2.31. The quantitative estimate of drug-likeness (QED) is 0.637. The van der Waals surface area contributed by atoms with Crippen molar-refractivity contribution in [3.05, 3.63) is 48.0 Å². The number of nitrogens with zero attached hydrogens (tertiary/aromatic N) is 1. The summed E-state index contributed by atoms with van der Waals surface area (Å²) in [5, 5.41) is 4.22. The molecule has 1 aromatic carbocycles. The van der Waals surface area contributed by atoms with E-state index in [1.165, 1.54) is 5.56 Å². The van der Waals surface area contributed by atoms with E-state index in [0.717, 1.165) is 18.6 Å². The van der Waals surface area contributed by atoms with Crippen LogP contribution in [-0.4, -0.2) is 11.8 Å². The van der Waals surface area contributed by atoms with Gasteiger partial charge in [0.15, 0.2) is 6.10 Å². The highest BCUT2D eigenvalue weighted by Gasteiger charge is 2.34. The maximum Gasteiger partial charge on any atom is 0.154 e. The van der Waals surface area contributed by atoms with Gasteiger partial charge in [0, 0.05) is 5.92 Å². The third kappa shape index (κ3) is 1.46. The molecular formula is C13H13NO. The number of oxime groups is 1. The van der Waals surface area contributed by atoms with E-state index in [9.17, 15) is 0 Å². The minimum absolute atomic E-state index is 0.175. The first-order valence-corrected chi connectivity index (χ1v) is 5.41. The molecule has 2 aliphatic rings.